The zero-order chi connectivity index (χ0) is 14.7. The van der Waals surface area contributed by atoms with Gasteiger partial charge < -0.3 is 10.4 Å². The number of rotatable bonds is 4. The van der Waals surface area contributed by atoms with Gasteiger partial charge in [-0.05, 0) is 18.4 Å². The fourth-order valence-electron chi connectivity index (χ4n) is 2.74. The van der Waals surface area contributed by atoms with E-state index in [1.165, 1.54) is 6.07 Å². The second kappa shape index (κ2) is 9.78. The van der Waals surface area contributed by atoms with Crippen LogP contribution in [0, 0.1) is 11.7 Å². The van der Waals surface area contributed by atoms with Crippen LogP contribution >= 0.6 is 36.4 Å². The molecular weight excluding hydrogens is 350 g/mol. The van der Waals surface area contributed by atoms with E-state index in [1.807, 2.05) is 0 Å². The molecule has 2 N–H and O–H groups in total. The van der Waals surface area contributed by atoms with Gasteiger partial charge in [0.05, 0.1) is 0 Å². The largest absolute Gasteiger partial charge is 0.506 e. The smallest absolute Gasteiger partial charge is 0.145 e. The number of phenols is 1. The highest BCUT2D eigenvalue weighted by atomic mass is 35.5. The summed E-state index contributed by atoms with van der Waals surface area (Å²) in [5, 5.41) is 13.3. The summed E-state index contributed by atoms with van der Waals surface area (Å²) >= 11 is 5.85. The minimum Gasteiger partial charge on any atom is -0.506 e. The molecule has 0 aromatic heterocycles. The Bertz CT molecular complexity index is 468. The van der Waals surface area contributed by atoms with Crippen molar-refractivity contribution in [3.8, 4) is 5.75 Å². The van der Waals surface area contributed by atoms with Crippen molar-refractivity contribution in [3.63, 3.8) is 0 Å². The van der Waals surface area contributed by atoms with Gasteiger partial charge in [0.1, 0.15) is 16.6 Å². The van der Waals surface area contributed by atoms with Crippen molar-refractivity contribution in [1.29, 1.82) is 0 Å². The van der Waals surface area contributed by atoms with Crippen LogP contribution in [0.1, 0.15) is 31.9 Å². The van der Waals surface area contributed by atoms with Crippen molar-refractivity contribution in [2.75, 3.05) is 26.2 Å². The van der Waals surface area contributed by atoms with Crippen LogP contribution in [-0.2, 0) is 0 Å². The molecular formula is C15H24Cl3FN2O. The molecule has 0 spiro atoms. The van der Waals surface area contributed by atoms with Crippen LogP contribution in [0.3, 0.4) is 0 Å². The maximum absolute atomic E-state index is 13.4. The quantitative estimate of drug-likeness (QED) is 0.836. The lowest BCUT2D eigenvalue weighted by atomic mass is 9.94. The summed E-state index contributed by atoms with van der Waals surface area (Å²) in [4.78, 5) is 2.33. The summed E-state index contributed by atoms with van der Waals surface area (Å²) in [6.07, 6.45) is 0.912. The number of hydrogen-bond donors (Lipinski definition) is 2. The minimum atomic E-state index is -0.573. The molecule has 0 amide bonds. The predicted molar refractivity (Wildman–Crippen MR) is 94.2 cm³/mol. The monoisotopic (exact) mass is 372 g/mol. The number of halogens is 4. The number of hydrogen-bond acceptors (Lipinski definition) is 3. The molecule has 0 radical (unpaired) electrons. The Kier molecular flexibility index (Phi) is 9.67. The van der Waals surface area contributed by atoms with Crippen LogP contribution in [0.25, 0.3) is 0 Å². The number of nitrogens with one attached hydrogen (secondary N) is 1. The Hall–Kier alpha value is -0.260. The fraction of sp³-hybridized carbons (Fsp3) is 0.600. The van der Waals surface area contributed by atoms with Crippen molar-refractivity contribution in [3.05, 3.63) is 28.5 Å². The molecule has 1 heterocycles. The standard InChI is InChI=1S/C15H22ClFN2O.2ClH/c1-10(2)9-13(19-7-5-18-6-8-19)11-3-4-12(17)14(16)15(11)20;;/h3-4,10,13,18,20H,5-9H2,1-2H3;2*1H/t13-;;/m0../s1. The van der Waals surface area contributed by atoms with E-state index in [1.54, 1.807) is 6.07 Å². The summed E-state index contributed by atoms with van der Waals surface area (Å²) in [5.41, 5.74) is 0.729. The molecule has 0 aliphatic carbocycles. The topological polar surface area (TPSA) is 35.5 Å². The second-order valence-electron chi connectivity index (χ2n) is 5.73. The van der Waals surface area contributed by atoms with Gasteiger partial charge in [-0.1, -0.05) is 31.5 Å². The molecule has 1 aliphatic heterocycles. The van der Waals surface area contributed by atoms with Gasteiger partial charge in [0, 0.05) is 37.8 Å². The summed E-state index contributed by atoms with van der Waals surface area (Å²) < 4.78 is 13.4. The molecule has 3 nitrogen and oxygen atoms in total. The van der Waals surface area contributed by atoms with E-state index >= 15 is 0 Å². The summed E-state index contributed by atoms with van der Waals surface area (Å²) in [7, 11) is 0. The van der Waals surface area contributed by atoms with E-state index in [0.29, 0.717) is 5.92 Å². The molecule has 7 heteroatoms. The molecule has 2 rings (SSSR count). The van der Waals surface area contributed by atoms with Crippen molar-refractivity contribution in [1.82, 2.24) is 10.2 Å². The minimum absolute atomic E-state index is 0. The van der Waals surface area contributed by atoms with Gasteiger partial charge in [-0.3, -0.25) is 4.90 Å². The molecule has 128 valence electrons. The van der Waals surface area contributed by atoms with Gasteiger partial charge >= 0.3 is 0 Å². The van der Waals surface area contributed by atoms with E-state index in [9.17, 15) is 9.50 Å². The first-order chi connectivity index (χ1) is 9.50. The van der Waals surface area contributed by atoms with E-state index in [-0.39, 0.29) is 41.6 Å². The lowest BCUT2D eigenvalue weighted by molar-refractivity contribution is 0.151. The van der Waals surface area contributed by atoms with E-state index < -0.39 is 5.82 Å². The van der Waals surface area contributed by atoms with Crippen LogP contribution in [0.5, 0.6) is 5.75 Å². The van der Waals surface area contributed by atoms with E-state index in [0.717, 1.165) is 38.2 Å². The highest BCUT2D eigenvalue weighted by Gasteiger charge is 2.26. The Morgan fingerprint density at radius 1 is 1.27 bits per heavy atom. The molecule has 1 aliphatic rings. The molecule has 0 bridgehead atoms. The maximum Gasteiger partial charge on any atom is 0.145 e. The molecule has 1 aromatic rings. The first kappa shape index (κ1) is 21.7. The van der Waals surface area contributed by atoms with Gasteiger partial charge in [0.15, 0.2) is 0 Å². The Morgan fingerprint density at radius 3 is 2.41 bits per heavy atom. The van der Waals surface area contributed by atoms with Crippen LogP contribution in [0.15, 0.2) is 12.1 Å². The maximum atomic E-state index is 13.4. The number of benzene rings is 1. The molecule has 1 saturated heterocycles. The van der Waals surface area contributed by atoms with Crippen molar-refractivity contribution < 1.29 is 9.50 Å². The first-order valence-corrected chi connectivity index (χ1v) is 7.50. The molecule has 1 aromatic carbocycles. The third-order valence-electron chi connectivity index (χ3n) is 3.75. The van der Waals surface area contributed by atoms with Crippen molar-refractivity contribution in [2.24, 2.45) is 5.92 Å². The summed E-state index contributed by atoms with van der Waals surface area (Å²) in [6, 6.07) is 3.08. The van der Waals surface area contributed by atoms with Crippen LogP contribution in [-0.4, -0.2) is 36.2 Å². The fourth-order valence-corrected chi connectivity index (χ4v) is 2.91. The number of nitrogens with zero attached hydrogens (tertiary/aromatic N) is 1. The molecule has 0 saturated carbocycles. The van der Waals surface area contributed by atoms with Crippen LogP contribution < -0.4 is 5.32 Å². The lowest BCUT2D eigenvalue weighted by Gasteiger charge is -2.36. The average Bonchev–Trinajstić information content (AvgIpc) is 2.44. The van der Waals surface area contributed by atoms with E-state index in [4.69, 9.17) is 11.6 Å². The highest BCUT2D eigenvalue weighted by molar-refractivity contribution is 6.32. The van der Waals surface area contributed by atoms with Crippen LogP contribution in [0.4, 0.5) is 4.39 Å². The lowest BCUT2D eigenvalue weighted by Crippen LogP contribution is -2.45. The van der Waals surface area contributed by atoms with Gasteiger partial charge in [0.2, 0.25) is 0 Å². The molecule has 1 atom stereocenters. The number of phenolic OH excluding ortho intramolecular Hbond substituents is 1. The van der Waals surface area contributed by atoms with Crippen molar-refractivity contribution in [2.45, 2.75) is 26.3 Å². The van der Waals surface area contributed by atoms with Gasteiger partial charge in [-0.25, -0.2) is 4.39 Å². The van der Waals surface area contributed by atoms with Gasteiger partial charge in [-0.15, -0.1) is 24.8 Å². The Morgan fingerprint density at radius 2 is 1.86 bits per heavy atom. The molecule has 22 heavy (non-hydrogen) atoms. The third-order valence-corrected chi connectivity index (χ3v) is 4.11. The van der Waals surface area contributed by atoms with Gasteiger partial charge in [0.25, 0.3) is 0 Å². The zero-order valence-corrected chi connectivity index (χ0v) is 15.2. The van der Waals surface area contributed by atoms with E-state index in [2.05, 4.69) is 24.1 Å². The molecule has 0 unspecified atom stereocenters. The number of aromatic hydroxyl groups is 1. The first-order valence-electron chi connectivity index (χ1n) is 7.12. The van der Waals surface area contributed by atoms with Crippen LogP contribution in [0.2, 0.25) is 5.02 Å². The van der Waals surface area contributed by atoms with Gasteiger partial charge in [-0.2, -0.15) is 0 Å². The third kappa shape index (κ3) is 5.14. The highest BCUT2D eigenvalue weighted by Crippen LogP contribution is 2.38. The predicted octanol–water partition coefficient (Wildman–Crippen LogP) is 4.02. The summed E-state index contributed by atoms with van der Waals surface area (Å²) in [6.45, 7) is 8.01. The molecule has 1 fully saturated rings. The number of piperazine rings is 1. The zero-order valence-electron chi connectivity index (χ0n) is 12.8. The summed E-state index contributed by atoms with van der Waals surface area (Å²) in [5.74, 6) is -0.203. The SMILES string of the molecule is CC(C)C[C@@H](c1ccc(F)c(Cl)c1O)N1CCNCC1.Cl.Cl. The normalized spacial score (nSPS) is 16.8. The Labute approximate surface area is 149 Å². The Balaban J connectivity index is 0.00000220. The second-order valence-corrected chi connectivity index (χ2v) is 6.11. The average molecular weight is 374 g/mol. The van der Waals surface area contributed by atoms with Crippen molar-refractivity contribution >= 4 is 36.4 Å².